The normalized spacial score (nSPS) is 15.5. The summed E-state index contributed by atoms with van der Waals surface area (Å²) in [5.41, 5.74) is 0.901. The van der Waals surface area contributed by atoms with Crippen LogP contribution >= 0.6 is 0 Å². The molecule has 0 aliphatic heterocycles. The molecule has 5 radical (unpaired) electrons. The summed E-state index contributed by atoms with van der Waals surface area (Å²) in [6.45, 7) is -0.0428. The predicted molar refractivity (Wildman–Crippen MR) is 83.0 cm³/mol. The summed E-state index contributed by atoms with van der Waals surface area (Å²) in [5.74, 6) is 0.00835. The van der Waals surface area contributed by atoms with Crippen molar-refractivity contribution >= 4 is 16.0 Å². The van der Waals surface area contributed by atoms with E-state index in [0.717, 1.165) is 0 Å². The molecule has 24 heavy (non-hydrogen) atoms. The Labute approximate surface area is 139 Å². The maximum Gasteiger partial charge on any atom is 0.314 e. The van der Waals surface area contributed by atoms with Gasteiger partial charge in [0.25, 0.3) is 0 Å². The summed E-state index contributed by atoms with van der Waals surface area (Å²) >= 11 is 0. The monoisotopic (exact) mass is 345 g/mol. The van der Waals surface area contributed by atoms with Gasteiger partial charge >= 0.3 is 5.97 Å². The van der Waals surface area contributed by atoms with Gasteiger partial charge in [0.2, 0.25) is 10.0 Å². The van der Waals surface area contributed by atoms with Crippen LogP contribution in [-0.4, -0.2) is 29.4 Å². The molecule has 2 aromatic rings. The van der Waals surface area contributed by atoms with E-state index in [4.69, 9.17) is 9.88 Å². The summed E-state index contributed by atoms with van der Waals surface area (Å²) in [4.78, 5) is 11.7. The minimum atomic E-state index is -3.80. The van der Waals surface area contributed by atoms with Crippen molar-refractivity contribution in [3.8, 4) is 5.69 Å². The van der Waals surface area contributed by atoms with Crippen molar-refractivity contribution in [1.29, 1.82) is 0 Å². The fourth-order valence-electron chi connectivity index (χ4n) is 2.03. The third-order valence-corrected chi connectivity index (χ3v) is 4.11. The van der Waals surface area contributed by atoms with Crippen molar-refractivity contribution in [3.05, 3.63) is 67.8 Å². The Morgan fingerprint density at radius 2 is 2.00 bits per heavy atom. The first-order chi connectivity index (χ1) is 11.4. The molecule has 1 aliphatic carbocycles. The smallest absolute Gasteiger partial charge is 0.314 e. The predicted octanol–water partition coefficient (Wildman–Crippen LogP) is 0.363. The number of rotatable bonds is 5. The highest BCUT2D eigenvalue weighted by molar-refractivity contribution is 7.89. The molecule has 1 heterocycles. The Balaban J connectivity index is 1.68. The van der Waals surface area contributed by atoms with E-state index in [9.17, 15) is 13.2 Å². The fourth-order valence-corrected chi connectivity index (χ4v) is 2.58. The average molecular weight is 345 g/mol. The molecule has 0 saturated heterocycles. The Bertz CT molecular complexity index is 841. The molecule has 1 aliphatic rings. The van der Waals surface area contributed by atoms with Crippen LogP contribution in [0.4, 0.5) is 0 Å². The number of hydrogen-bond donors (Lipinski definition) is 1. The van der Waals surface area contributed by atoms with Gasteiger partial charge in [-0.15, -0.1) is 5.10 Å². The zero-order valence-corrected chi connectivity index (χ0v) is 13.2. The Morgan fingerprint density at radius 1 is 1.25 bits per heavy atom. The van der Waals surface area contributed by atoms with Crippen molar-refractivity contribution in [1.82, 2.24) is 15.0 Å². The zero-order chi connectivity index (χ0) is 17.2. The second-order valence-corrected chi connectivity index (χ2v) is 6.51. The van der Waals surface area contributed by atoms with Crippen LogP contribution in [0.25, 0.3) is 5.69 Å². The lowest BCUT2D eigenvalue weighted by atomic mass is 10.1. The highest BCUT2D eigenvalue weighted by atomic mass is 32.2. The van der Waals surface area contributed by atoms with Crippen LogP contribution in [0.2, 0.25) is 0 Å². The number of benzene rings is 1. The van der Waals surface area contributed by atoms with Gasteiger partial charge in [0.15, 0.2) is 0 Å². The van der Waals surface area contributed by atoms with Gasteiger partial charge in [0.05, 0.1) is 22.7 Å². The molecule has 2 N–H and O–H groups in total. The van der Waals surface area contributed by atoms with Gasteiger partial charge in [-0.2, -0.15) is 0 Å². The van der Waals surface area contributed by atoms with E-state index in [1.54, 1.807) is 44.0 Å². The van der Waals surface area contributed by atoms with Gasteiger partial charge in [0.1, 0.15) is 12.3 Å². The number of primary sulfonamides is 1. The minimum Gasteiger partial charge on any atom is -0.459 e. The molecule has 1 aromatic heterocycles. The van der Waals surface area contributed by atoms with Gasteiger partial charge in [-0.1, -0.05) is 11.3 Å². The third kappa shape index (κ3) is 3.80. The lowest BCUT2D eigenvalue weighted by Gasteiger charge is -2.06. The van der Waals surface area contributed by atoms with E-state index in [0.29, 0.717) is 17.3 Å². The summed E-state index contributed by atoms with van der Waals surface area (Å²) in [6, 6.07) is 5.97. The van der Waals surface area contributed by atoms with E-state index in [1.807, 2.05) is 0 Å². The Morgan fingerprint density at radius 3 is 2.71 bits per heavy atom. The zero-order valence-electron chi connectivity index (χ0n) is 12.4. The summed E-state index contributed by atoms with van der Waals surface area (Å²) < 4.78 is 29.3. The molecule has 8 nitrogen and oxygen atoms in total. The van der Waals surface area contributed by atoms with E-state index in [-0.39, 0.29) is 11.5 Å². The summed E-state index contributed by atoms with van der Waals surface area (Å²) in [5, 5.41) is 12.9. The number of ether oxygens (including phenoxy) is 1. The number of sulfonamides is 1. The number of hydrogen-bond acceptors (Lipinski definition) is 6. The van der Waals surface area contributed by atoms with Crippen LogP contribution in [0.5, 0.6) is 0 Å². The second-order valence-electron chi connectivity index (χ2n) is 4.95. The van der Waals surface area contributed by atoms with Gasteiger partial charge in [-0.25, -0.2) is 18.2 Å². The van der Waals surface area contributed by atoms with E-state index < -0.39 is 16.0 Å². The number of esters is 1. The van der Waals surface area contributed by atoms with Crippen molar-refractivity contribution in [2.24, 2.45) is 5.14 Å². The van der Waals surface area contributed by atoms with Crippen LogP contribution in [0.1, 0.15) is 5.69 Å². The van der Waals surface area contributed by atoms with E-state index in [2.05, 4.69) is 10.3 Å². The Kier molecular flexibility index (Phi) is 4.63. The van der Waals surface area contributed by atoms with Crippen molar-refractivity contribution in [3.63, 3.8) is 0 Å². The summed E-state index contributed by atoms with van der Waals surface area (Å²) in [6.07, 6.45) is 8.33. The molecule has 9 heteroatoms. The number of carbonyl (C=O) groups is 1. The topological polar surface area (TPSA) is 117 Å². The average Bonchev–Trinajstić information content (AvgIpc) is 3.23. The Hall–Kier alpha value is -2.26. The fraction of sp³-hybridized carbons (Fsp3) is 0.0667. The molecule has 0 unspecified atom stereocenters. The molecule has 0 spiro atoms. The van der Waals surface area contributed by atoms with Crippen LogP contribution in [0.3, 0.4) is 0 Å². The first-order valence-corrected chi connectivity index (χ1v) is 8.41. The number of nitrogens with zero attached hydrogens (tertiary/aromatic N) is 3. The van der Waals surface area contributed by atoms with E-state index >= 15 is 0 Å². The van der Waals surface area contributed by atoms with E-state index in [1.165, 1.54) is 16.8 Å². The van der Waals surface area contributed by atoms with Crippen LogP contribution in [0.15, 0.2) is 35.4 Å². The molecule has 123 valence electrons. The van der Waals surface area contributed by atoms with Gasteiger partial charge in [0, 0.05) is 0 Å². The van der Waals surface area contributed by atoms with Crippen molar-refractivity contribution < 1.29 is 17.9 Å². The quantitative estimate of drug-likeness (QED) is 0.782. The summed E-state index contributed by atoms with van der Waals surface area (Å²) in [7, 11) is -3.80. The molecular weight excluding hydrogens is 332 g/mol. The highest BCUT2D eigenvalue weighted by Crippen LogP contribution is 2.24. The molecule has 0 atom stereocenters. The second kappa shape index (κ2) is 6.70. The third-order valence-electron chi connectivity index (χ3n) is 3.20. The van der Waals surface area contributed by atoms with Crippen LogP contribution < -0.4 is 5.14 Å². The molecular formula is C15H13N4O4S. The minimum absolute atomic E-state index is 0.0281. The van der Waals surface area contributed by atoms with Crippen LogP contribution in [0, 0.1) is 31.6 Å². The van der Waals surface area contributed by atoms with Crippen LogP contribution in [-0.2, 0) is 26.2 Å². The molecule has 1 saturated carbocycles. The molecule has 0 amide bonds. The standard InChI is InChI=1S/C15H13N4O4S/c16-24(21,22)14-7-3-6-13(8-14)19-9-12(17-18-19)10-23-15(20)11-4-1-2-5-11/h1-9H,10H2,(H2,16,21,22). The van der Waals surface area contributed by atoms with Gasteiger partial charge in [-0.05, 0) is 43.9 Å². The van der Waals surface area contributed by atoms with Crippen molar-refractivity contribution in [2.45, 2.75) is 11.5 Å². The van der Waals surface area contributed by atoms with Gasteiger partial charge < -0.3 is 4.74 Å². The van der Waals surface area contributed by atoms with Crippen molar-refractivity contribution in [2.75, 3.05) is 0 Å². The number of nitrogens with two attached hydrogens (primary N) is 1. The number of carbonyl (C=O) groups excluding carboxylic acids is 1. The largest absolute Gasteiger partial charge is 0.459 e. The maximum absolute atomic E-state index is 11.8. The highest BCUT2D eigenvalue weighted by Gasteiger charge is 2.26. The molecule has 0 bridgehead atoms. The SMILES string of the molecule is NS(=O)(=O)c1cccc(-n2cc(COC(=O)[C]3[CH][CH][CH][CH]3)nn2)c1. The lowest BCUT2D eigenvalue weighted by molar-refractivity contribution is -0.141. The maximum atomic E-state index is 11.8. The molecule has 1 aromatic carbocycles. The van der Waals surface area contributed by atoms with Gasteiger partial charge in [-0.3, -0.25) is 4.79 Å². The molecule has 1 fully saturated rings. The first-order valence-electron chi connectivity index (χ1n) is 6.87. The first kappa shape index (κ1) is 16.6. The molecule has 3 rings (SSSR count). The lowest BCUT2D eigenvalue weighted by Crippen LogP contribution is -2.13. The number of aromatic nitrogens is 3.